The van der Waals surface area contributed by atoms with E-state index in [9.17, 15) is 9.90 Å². The minimum Gasteiger partial charge on any atom is -0.392 e. The van der Waals surface area contributed by atoms with E-state index in [0.29, 0.717) is 5.56 Å². The van der Waals surface area contributed by atoms with Crippen molar-refractivity contribution in [2.45, 2.75) is 6.61 Å². The van der Waals surface area contributed by atoms with Crippen LogP contribution in [-0.2, 0) is 6.61 Å². The first-order valence-corrected chi connectivity index (χ1v) is 13.2. The van der Waals surface area contributed by atoms with Crippen LogP contribution in [0.1, 0.15) is 15.9 Å². The molecule has 192 valence electrons. The van der Waals surface area contributed by atoms with Crippen molar-refractivity contribution in [3.05, 3.63) is 139 Å². The molecule has 1 amide bonds. The lowest BCUT2D eigenvalue weighted by molar-refractivity contribution is 0.102. The molecular formula is C35H25N3O2. The summed E-state index contributed by atoms with van der Waals surface area (Å²) in [6.45, 7) is 0.0103. The molecule has 0 aliphatic carbocycles. The third kappa shape index (κ3) is 4.19. The number of carbonyl (C=O) groups excluding carboxylic acids is 1. The van der Waals surface area contributed by atoms with Crippen LogP contribution in [0.4, 0.5) is 5.69 Å². The average molecular weight is 520 g/mol. The largest absolute Gasteiger partial charge is 0.392 e. The fourth-order valence-corrected chi connectivity index (χ4v) is 5.29. The summed E-state index contributed by atoms with van der Waals surface area (Å²) in [4.78, 5) is 17.8. The Labute approximate surface area is 231 Å². The van der Waals surface area contributed by atoms with Gasteiger partial charge < -0.3 is 14.8 Å². The molecule has 7 aromatic rings. The van der Waals surface area contributed by atoms with E-state index >= 15 is 0 Å². The highest BCUT2D eigenvalue weighted by atomic mass is 16.3. The summed E-state index contributed by atoms with van der Waals surface area (Å²) in [7, 11) is 0. The number of anilines is 1. The number of aromatic nitrogens is 2. The number of nitrogens with zero attached hydrogens (tertiary/aromatic N) is 2. The summed E-state index contributed by atoms with van der Waals surface area (Å²) in [5, 5.41) is 14.7. The minimum absolute atomic E-state index is 0.0103. The van der Waals surface area contributed by atoms with E-state index in [2.05, 4.69) is 40.2 Å². The van der Waals surface area contributed by atoms with Crippen molar-refractivity contribution in [2.24, 2.45) is 0 Å². The van der Waals surface area contributed by atoms with Gasteiger partial charge in [0.05, 0.1) is 23.3 Å². The number of para-hydroxylation sites is 2. The summed E-state index contributed by atoms with van der Waals surface area (Å²) in [5.74, 6) is -0.134. The van der Waals surface area contributed by atoms with E-state index in [4.69, 9.17) is 4.98 Å². The highest BCUT2D eigenvalue weighted by Gasteiger charge is 2.16. The van der Waals surface area contributed by atoms with Crippen LogP contribution in [-0.4, -0.2) is 20.4 Å². The van der Waals surface area contributed by atoms with Crippen LogP contribution in [0.2, 0.25) is 0 Å². The van der Waals surface area contributed by atoms with Gasteiger partial charge in [0.15, 0.2) is 0 Å². The van der Waals surface area contributed by atoms with Crippen molar-refractivity contribution >= 4 is 38.9 Å². The number of hydrogen-bond acceptors (Lipinski definition) is 3. The first kappa shape index (κ1) is 23.8. The van der Waals surface area contributed by atoms with Gasteiger partial charge in [0.2, 0.25) is 0 Å². The first-order chi connectivity index (χ1) is 19.7. The Hall–Kier alpha value is -5.26. The van der Waals surface area contributed by atoms with Crippen LogP contribution in [0.15, 0.2) is 128 Å². The molecular weight excluding hydrogens is 494 g/mol. The lowest BCUT2D eigenvalue weighted by Crippen LogP contribution is -2.11. The summed E-state index contributed by atoms with van der Waals surface area (Å²) in [6, 6.07) is 39.8. The van der Waals surface area contributed by atoms with Gasteiger partial charge in [0.25, 0.3) is 5.91 Å². The fourth-order valence-electron chi connectivity index (χ4n) is 5.29. The maximum absolute atomic E-state index is 12.7. The number of aliphatic hydroxyl groups is 1. The van der Waals surface area contributed by atoms with Crippen molar-refractivity contribution < 1.29 is 9.90 Å². The molecule has 40 heavy (non-hydrogen) atoms. The Morgan fingerprint density at radius 1 is 0.725 bits per heavy atom. The smallest absolute Gasteiger partial charge is 0.255 e. The molecule has 7 rings (SSSR count). The highest BCUT2D eigenvalue weighted by Crippen LogP contribution is 2.36. The Bertz CT molecular complexity index is 2010. The number of hydrogen-bond donors (Lipinski definition) is 2. The molecule has 0 bridgehead atoms. The molecule has 0 saturated heterocycles. The molecule has 3 heterocycles. The summed E-state index contributed by atoms with van der Waals surface area (Å²) >= 11 is 0. The van der Waals surface area contributed by atoms with Crippen LogP contribution in [0.25, 0.3) is 49.7 Å². The fraction of sp³-hybridized carbons (Fsp3) is 0.0286. The predicted octanol–water partition coefficient (Wildman–Crippen LogP) is 7.72. The molecule has 5 nitrogen and oxygen atoms in total. The van der Waals surface area contributed by atoms with Gasteiger partial charge in [-0.3, -0.25) is 4.79 Å². The lowest BCUT2D eigenvalue weighted by Gasteiger charge is -2.10. The van der Waals surface area contributed by atoms with Crippen LogP contribution in [0.3, 0.4) is 0 Å². The van der Waals surface area contributed by atoms with Gasteiger partial charge in [-0.05, 0) is 65.2 Å². The van der Waals surface area contributed by atoms with Gasteiger partial charge in [0, 0.05) is 39.3 Å². The number of aliphatic hydroxyl groups excluding tert-OH is 1. The second-order valence-corrected chi connectivity index (χ2v) is 9.85. The van der Waals surface area contributed by atoms with Gasteiger partial charge in [0.1, 0.15) is 0 Å². The summed E-state index contributed by atoms with van der Waals surface area (Å²) in [6.07, 6.45) is 2.09. The monoisotopic (exact) mass is 519 g/mol. The third-order valence-corrected chi connectivity index (χ3v) is 7.35. The zero-order chi connectivity index (χ0) is 27.1. The van der Waals surface area contributed by atoms with Gasteiger partial charge in [-0.25, -0.2) is 4.98 Å². The van der Waals surface area contributed by atoms with Crippen molar-refractivity contribution in [1.29, 1.82) is 0 Å². The van der Waals surface area contributed by atoms with Gasteiger partial charge in [-0.15, -0.1) is 0 Å². The van der Waals surface area contributed by atoms with E-state index < -0.39 is 0 Å². The predicted molar refractivity (Wildman–Crippen MR) is 161 cm³/mol. The molecule has 0 spiro atoms. The molecule has 0 aliphatic heterocycles. The number of carbonyl (C=O) groups is 1. The van der Waals surface area contributed by atoms with E-state index in [1.807, 2.05) is 97.1 Å². The second kappa shape index (κ2) is 9.80. The highest BCUT2D eigenvalue weighted by molar-refractivity contribution is 6.12. The van der Waals surface area contributed by atoms with Gasteiger partial charge >= 0.3 is 0 Å². The minimum atomic E-state index is -0.134. The van der Waals surface area contributed by atoms with Crippen LogP contribution in [0, 0.1) is 0 Å². The Morgan fingerprint density at radius 3 is 2.23 bits per heavy atom. The molecule has 0 fully saturated rings. The Kier molecular flexibility index (Phi) is 5.84. The van der Waals surface area contributed by atoms with Crippen molar-refractivity contribution in [1.82, 2.24) is 9.38 Å². The normalized spacial score (nSPS) is 11.3. The molecule has 4 aromatic carbocycles. The molecule has 3 aromatic heterocycles. The lowest BCUT2D eigenvalue weighted by atomic mass is 10.0. The molecule has 0 radical (unpaired) electrons. The second-order valence-electron chi connectivity index (χ2n) is 9.85. The quantitative estimate of drug-likeness (QED) is 0.245. The molecule has 0 aliphatic rings. The number of amides is 1. The number of rotatable bonds is 5. The standard InChI is InChI=1S/C35H25N3O2/c39-22-23-10-12-25(13-11-23)33-34-31(30-8-4-5-9-32(30)37-33)21-29-20-27(18-19-38(29)34)24-14-16-26(17-15-24)35(40)36-28-6-2-1-3-7-28/h1-21,39H,22H2,(H,36,40). The molecule has 0 saturated carbocycles. The topological polar surface area (TPSA) is 66.6 Å². The SMILES string of the molecule is O=C(Nc1ccccc1)c1ccc(-c2ccn3c(c2)cc2c4ccccc4nc(-c4ccc(CO)cc4)c23)cc1. The maximum atomic E-state index is 12.7. The number of fused-ring (bicyclic) bond motifs is 5. The van der Waals surface area contributed by atoms with E-state index in [1.165, 1.54) is 0 Å². The van der Waals surface area contributed by atoms with Gasteiger partial charge in [-0.2, -0.15) is 0 Å². The van der Waals surface area contributed by atoms with Crippen molar-refractivity contribution in [2.75, 3.05) is 5.32 Å². The molecule has 5 heteroatoms. The Balaban J connectivity index is 1.30. The van der Waals surface area contributed by atoms with Crippen LogP contribution >= 0.6 is 0 Å². The molecule has 2 N–H and O–H groups in total. The number of nitrogens with one attached hydrogen (secondary N) is 1. The number of benzene rings is 4. The van der Waals surface area contributed by atoms with Gasteiger partial charge in [-0.1, -0.05) is 72.8 Å². The summed E-state index contributed by atoms with van der Waals surface area (Å²) < 4.78 is 2.19. The van der Waals surface area contributed by atoms with E-state index in [0.717, 1.165) is 61.0 Å². The third-order valence-electron chi connectivity index (χ3n) is 7.35. The van der Waals surface area contributed by atoms with E-state index in [1.54, 1.807) is 0 Å². The number of pyridine rings is 2. The van der Waals surface area contributed by atoms with Crippen LogP contribution < -0.4 is 5.32 Å². The molecule has 0 unspecified atom stereocenters. The zero-order valence-corrected chi connectivity index (χ0v) is 21.6. The average Bonchev–Trinajstić information content (AvgIpc) is 3.40. The van der Waals surface area contributed by atoms with E-state index in [-0.39, 0.29) is 12.5 Å². The Morgan fingerprint density at radius 2 is 1.45 bits per heavy atom. The summed E-state index contributed by atoms with van der Waals surface area (Å²) in [5.41, 5.74) is 9.30. The van der Waals surface area contributed by atoms with Crippen LogP contribution in [0.5, 0.6) is 0 Å². The first-order valence-electron chi connectivity index (χ1n) is 13.2. The maximum Gasteiger partial charge on any atom is 0.255 e. The molecule has 0 atom stereocenters. The zero-order valence-electron chi connectivity index (χ0n) is 21.6. The van der Waals surface area contributed by atoms with Crippen molar-refractivity contribution in [3.8, 4) is 22.4 Å². The van der Waals surface area contributed by atoms with Crippen molar-refractivity contribution in [3.63, 3.8) is 0 Å².